The topological polar surface area (TPSA) is 68.4 Å². The molecule has 6 heteroatoms. The average Bonchev–Trinajstić information content (AvgIpc) is 3.36. The molecule has 5 aliphatic carbocycles. The minimum absolute atomic E-state index is 0.00516. The third-order valence-electron chi connectivity index (χ3n) is 13.4. The molecule has 6 aliphatic rings. The molecule has 2 heterocycles. The van der Waals surface area contributed by atoms with Gasteiger partial charge in [-0.15, -0.1) is 0 Å². The highest BCUT2D eigenvalue weighted by molar-refractivity contribution is 5.93. The number of H-pyrrole nitrogens is 1. The Morgan fingerprint density at radius 1 is 0.913 bits per heavy atom. The Balaban J connectivity index is 1.12. The van der Waals surface area contributed by atoms with E-state index in [9.17, 15) is 9.59 Å². The molecular weight excluding hydrogens is 568 g/mol. The predicted molar refractivity (Wildman–Crippen MR) is 183 cm³/mol. The third-order valence-corrected chi connectivity index (χ3v) is 13.4. The first-order valence-electron chi connectivity index (χ1n) is 18.0. The SMILES string of the molecule is Cc1[nH]c2ccccc2c1C1C(CC(=O)N(Cc2ccccc2)C2(C(=O)NC34CC5CC(CC(C5)C3)C4)CCN(C)CC2)C1(C)C. The molecule has 6 nitrogen and oxygen atoms in total. The molecule has 0 radical (unpaired) electrons. The van der Waals surface area contributed by atoms with Gasteiger partial charge in [0.25, 0.3) is 0 Å². The predicted octanol–water partition coefficient (Wildman–Crippen LogP) is 7.18. The molecule has 6 fully saturated rings. The standard InChI is InChI=1S/C40H52N4O2/c1-26-35(31-12-8-9-13-33(31)41-26)36-32(38(36,2)3)21-34(45)44(25-27-10-6-5-7-11-27)40(14-16-43(4)17-15-40)37(46)42-39-22-28-18-29(23-39)20-30(19-28)24-39/h5-13,28-30,32,36,41H,14-25H2,1-4H3,(H,42,46). The summed E-state index contributed by atoms with van der Waals surface area (Å²) in [5, 5.41) is 5.03. The summed E-state index contributed by atoms with van der Waals surface area (Å²) in [6.45, 7) is 8.93. The van der Waals surface area contributed by atoms with Gasteiger partial charge in [-0.2, -0.15) is 0 Å². The number of piperidine rings is 1. The van der Waals surface area contributed by atoms with Gasteiger partial charge in [-0.3, -0.25) is 9.59 Å². The maximum absolute atomic E-state index is 15.0. The molecule has 5 saturated carbocycles. The van der Waals surface area contributed by atoms with Crippen LogP contribution in [0, 0.1) is 36.0 Å². The molecule has 2 atom stereocenters. The van der Waals surface area contributed by atoms with Crippen molar-refractivity contribution in [3.05, 3.63) is 71.4 Å². The average molecular weight is 621 g/mol. The van der Waals surface area contributed by atoms with Gasteiger partial charge in [0.2, 0.25) is 11.8 Å². The highest BCUT2D eigenvalue weighted by Gasteiger charge is 2.61. The highest BCUT2D eigenvalue weighted by Crippen LogP contribution is 2.67. The zero-order valence-electron chi connectivity index (χ0n) is 28.3. The van der Waals surface area contributed by atoms with Gasteiger partial charge in [0.1, 0.15) is 5.54 Å². The monoisotopic (exact) mass is 620 g/mol. The summed E-state index contributed by atoms with van der Waals surface area (Å²) in [4.78, 5) is 37.9. The van der Waals surface area contributed by atoms with E-state index in [1.165, 1.54) is 41.4 Å². The number of nitrogens with zero attached hydrogens (tertiary/aromatic N) is 2. The minimum atomic E-state index is -0.839. The normalized spacial score (nSPS) is 32.4. The van der Waals surface area contributed by atoms with E-state index >= 15 is 0 Å². The molecule has 1 aliphatic heterocycles. The molecule has 0 spiro atoms. The van der Waals surface area contributed by atoms with E-state index in [1.54, 1.807) is 0 Å². The molecule has 4 bridgehead atoms. The molecule has 244 valence electrons. The Bertz CT molecular complexity index is 1600. The third kappa shape index (κ3) is 5.01. The number of aryl methyl sites for hydroxylation is 1. The van der Waals surface area contributed by atoms with Crippen LogP contribution in [0.5, 0.6) is 0 Å². The fourth-order valence-electron chi connectivity index (χ4n) is 11.2. The Hall–Kier alpha value is -3.12. The summed E-state index contributed by atoms with van der Waals surface area (Å²) in [7, 11) is 2.14. The van der Waals surface area contributed by atoms with Gasteiger partial charge in [0, 0.05) is 48.2 Å². The number of benzene rings is 2. The molecule has 3 aromatic rings. The zero-order valence-corrected chi connectivity index (χ0v) is 28.3. The fraction of sp³-hybridized carbons (Fsp3) is 0.600. The van der Waals surface area contributed by atoms with Crippen LogP contribution in [0.1, 0.15) is 94.4 Å². The quantitative estimate of drug-likeness (QED) is 0.280. The van der Waals surface area contributed by atoms with Crippen molar-refractivity contribution in [1.29, 1.82) is 0 Å². The molecule has 1 aromatic heterocycles. The Labute approximate surface area is 274 Å². The van der Waals surface area contributed by atoms with Crippen LogP contribution < -0.4 is 5.32 Å². The van der Waals surface area contributed by atoms with Crippen molar-refractivity contribution in [2.24, 2.45) is 29.1 Å². The summed E-state index contributed by atoms with van der Waals surface area (Å²) in [6, 6.07) is 18.9. The number of carbonyl (C=O) groups excluding carboxylic acids is 2. The number of amides is 2. The second-order valence-electron chi connectivity index (χ2n) is 16.8. The van der Waals surface area contributed by atoms with E-state index < -0.39 is 5.54 Å². The molecule has 1 saturated heterocycles. The summed E-state index contributed by atoms with van der Waals surface area (Å²) < 4.78 is 0. The Kier molecular flexibility index (Phi) is 7.21. The smallest absolute Gasteiger partial charge is 0.246 e. The number of rotatable bonds is 8. The number of fused-ring (bicyclic) bond motifs is 1. The number of hydrogen-bond acceptors (Lipinski definition) is 3. The lowest BCUT2D eigenvalue weighted by Gasteiger charge is -2.58. The van der Waals surface area contributed by atoms with Crippen molar-refractivity contribution in [2.75, 3.05) is 20.1 Å². The van der Waals surface area contributed by atoms with E-state index in [4.69, 9.17) is 0 Å². The fourth-order valence-corrected chi connectivity index (χ4v) is 11.2. The number of aromatic nitrogens is 1. The van der Waals surface area contributed by atoms with Crippen LogP contribution in [-0.4, -0.2) is 57.8 Å². The van der Waals surface area contributed by atoms with E-state index in [0.29, 0.717) is 31.7 Å². The lowest BCUT2D eigenvalue weighted by Crippen LogP contribution is -2.69. The molecule has 9 rings (SSSR count). The van der Waals surface area contributed by atoms with Gasteiger partial charge in [0.05, 0.1) is 0 Å². The van der Waals surface area contributed by atoms with Crippen molar-refractivity contribution < 1.29 is 9.59 Å². The maximum Gasteiger partial charge on any atom is 0.246 e. The molecular formula is C40H52N4O2. The lowest BCUT2D eigenvalue weighted by atomic mass is 9.53. The number of hydrogen-bond donors (Lipinski definition) is 2. The van der Waals surface area contributed by atoms with Crippen LogP contribution in [0.15, 0.2) is 54.6 Å². The largest absolute Gasteiger partial charge is 0.358 e. The maximum atomic E-state index is 15.0. The van der Waals surface area contributed by atoms with Gasteiger partial charge >= 0.3 is 0 Å². The van der Waals surface area contributed by atoms with Crippen LogP contribution in [0.2, 0.25) is 0 Å². The number of carbonyl (C=O) groups is 2. The van der Waals surface area contributed by atoms with E-state index in [2.05, 4.69) is 96.5 Å². The van der Waals surface area contributed by atoms with E-state index in [0.717, 1.165) is 55.7 Å². The molecule has 2 amide bonds. The molecule has 46 heavy (non-hydrogen) atoms. The van der Waals surface area contributed by atoms with E-state index in [1.807, 2.05) is 6.07 Å². The van der Waals surface area contributed by atoms with Crippen LogP contribution in [0.25, 0.3) is 10.9 Å². The van der Waals surface area contributed by atoms with Crippen molar-refractivity contribution in [1.82, 2.24) is 20.1 Å². The number of nitrogens with one attached hydrogen (secondary N) is 2. The van der Waals surface area contributed by atoms with Gasteiger partial charge < -0.3 is 20.1 Å². The highest BCUT2D eigenvalue weighted by atomic mass is 16.2. The second kappa shape index (κ2) is 11.0. The summed E-state index contributed by atoms with van der Waals surface area (Å²) in [5.74, 6) is 3.04. The Morgan fingerprint density at radius 3 is 2.17 bits per heavy atom. The van der Waals surface area contributed by atoms with Gasteiger partial charge in [-0.1, -0.05) is 62.4 Å². The van der Waals surface area contributed by atoms with Gasteiger partial charge in [-0.25, -0.2) is 0 Å². The second-order valence-corrected chi connectivity index (χ2v) is 16.8. The Morgan fingerprint density at radius 2 is 1.52 bits per heavy atom. The van der Waals surface area contributed by atoms with Crippen molar-refractivity contribution in [3.63, 3.8) is 0 Å². The van der Waals surface area contributed by atoms with Crippen molar-refractivity contribution in [2.45, 2.75) is 102 Å². The van der Waals surface area contributed by atoms with Crippen LogP contribution in [0.4, 0.5) is 0 Å². The lowest BCUT2D eigenvalue weighted by molar-refractivity contribution is -0.155. The van der Waals surface area contributed by atoms with Crippen LogP contribution in [-0.2, 0) is 16.1 Å². The summed E-state index contributed by atoms with van der Waals surface area (Å²) >= 11 is 0. The number of aromatic amines is 1. The first kappa shape index (κ1) is 30.2. The first-order chi connectivity index (χ1) is 22.1. The summed E-state index contributed by atoms with van der Waals surface area (Å²) in [5.41, 5.74) is 3.91. The van der Waals surface area contributed by atoms with E-state index in [-0.39, 0.29) is 28.7 Å². The molecule has 2 unspecified atom stereocenters. The molecule has 2 N–H and O–H groups in total. The number of likely N-dealkylation sites (tertiary alicyclic amines) is 1. The number of para-hydroxylation sites is 1. The van der Waals surface area contributed by atoms with Gasteiger partial charge in [0.15, 0.2) is 0 Å². The minimum Gasteiger partial charge on any atom is -0.358 e. The van der Waals surface area contributed by atoms with Crippen LogP contribution in [0.3, 0.4) is 0 Å². The van der Waals surface area contributed by atoms with Crippen molar-refractivity contribution in [3.8, 4) is 0 Å². The van der Waals surface area contributed by atoms with Crippen molar-refractivity contribution >= 4 is 22.7 Å². The van der Waals surface area contributed by atoms with Gasteiger partial charge in [-0.05, 0) is 118 Å². The first-order valence-corrected chi connectivity index (χ1v) is 18.0. The van der Waals surface area contributed by atoms with Crippen LogP contribution >= 0.6 is 0 Å². The summed E-state index contributed by atoms with van der Waals surface area (Å²) in [6.07, 6.45) is 9.22. The zero-order chi connectivity index (χ0) is 31.8. The molecule has 2 aromatic carbocycles.